The van der Waals surface area contributed by atoms with Crippen molar-refractivity contribution >= 4 is 17.3 Å². The molecule has 8 nitrogen and oxygen atoms in total. The van der Waals surface area contributed by atoms with Crippen molar-refractivity contribution in [1.82, 2.24) is 4.57 Å². The summed E-state index contributed by atoms with van der Waals surface area (Å²) in [4.78, 5) is 26.0. The van der Waals surface area contributed by atoms with Gasteiger partial charge < -0.3 is 30.0 Å². The van der Waals surface area contributed by atoms with Gasteiger partial charge in [0.2, 0.25) is 6.29 Å². The number of ketones is 2. The van der Waals surface area contributed by atoms with Crippen LogP contribution >= 0.6 is 0 Å². The van der Waals surface area contributed by atoms with E-state index < -0.39 is 41.5 Å². The fourth-order valence-corrected chi connectivity index (χ4v) is 9.67. The zero-order valence-corrected chi connectivity index (χ0v) is 24.5. The molecule has 2 aromatic rings. The first-order chi connectivity index (χ1) is 20.0. The fourth-order valence-electron chi connectivity index (χ4n) is 9.67. The van der Waals surface area contributed by atoms with Crippen LogP contribution in [0.4, 0.5) is 5.69 Å². The Morgan fingerprint density at radius 3 is 2.69 bits per heavy atom. The summed E-state index contributed by atoms with van der Waals surface area (Å²) in [5.74, 6) is -0.262. The second-order valence-corrected chi connectivity index (χ2v) is 13.6. The SMILES string of the molecule is Cn1cc(Cc2ccc(N)cc2)cc1[C@@H]1O[C@@H]2C[C@H]3[C@@H]4CCC5=CC(=O)C=C[C@]5(C)[C@H]4[C@@H](O)C[C@]3(C)[C@]2(C(=O)CO)O1. The van der Waals surface area contributed by atoms with Crippen LogP contribution in [0.15, 0.2) is 60.3 Å². The smallest absolute Gasteiger partial charge is 0.200 e. The van der Waals surface area contributed by atoms with Crippen molar-refractivity contribution < 1.29 is 29.3 Å². The molecule has 7 rings (SSSR count). The van der Waals surface area contributed by atoms with Gasteiger partial charge in [-0.25, -0.2) is 0 Å². The van der Waals surface area contributed by atoms with Crippen LogP contribution in [0.5, 0.6) is 0 Å². The molecule has 0 spiro atoms. The van der Waals surface area contributed by atoms with E-state index in [9.17, 15) is 19.8 Å². The van der Waals surface area contributed by atoms with E-state index in [2.05, 4.69) is 19.9 Å². The van der Waals surface area contributed by atoms with Crippen molar-refractivity contribution in [2.24, 2.45) is 35.6 Å². The molecule has 4 fully saturated rings. The first kappa shape index (κ1) is 27.8. The van der Waals surface area contributed by atoms with E-state index in [4.69, 9.17) is 15.2 Å². The Balaban J connectivity index is 1.21. The van der Waals surface area contributed by atoms with E-state index >= 15 is 0 Å². The second kappa shape index (κ2) is 9.48. The number of nitrogens with zero attached hydrogens (tertiary/aromatic N) is 1. The van der Waals surface area contributed by atoms with Crippen molar-refractivity contribution in [1.29, 1.82) is 0 Å². The number of aryl methyl sites for hydroxylation is 1. The highest BCUT2D eigenvalue weighted by Crippen LogP contribution is 2.70. The highest BCUT2D eigenvalue weighted by atomic mass is 16.7. The molecule has 0 unspecified atom stereocenters. The molecule has 222 valence electrons. The minimum atomic E-state index is -1.36. The van der Waals surface area contributed by atoms with Crippen molar-refractivity contribution in [2.75, 3.05) is 12.3 Å². The Labute approximate surface area is 246 Å². The van der Waals surface area contributed by atoms with Crippen molar-refractivity contribution in [3.05, 3.63) is 77.2 Å². The summed E-state index contributed by atoms with van der Waals surface area (Å²) in [6, 6.07) is 9.86. The van der Waals surface area contributed by atoms with Crippen LogP contribution in [-0.2, 0) is 32.5 Å². The van der Waals surface area contributed by atoms with Gasteiger partial charge in [0.1, 0.15) is 6.61 Å². The standard InChI is InChI=1S/C34H40N2O6/c1-32-11-10-23(38)14-21(32)6-9-24-25-15-29-34(28(40)18-37,33(25,2)16-27(39)30(24)32)42-31(41-29)26-13-20(17-36(26)3)12-19-4-7-22(35)8-5-19/h4-5,7-8,10-11,13-14,17,24-25,27,29-31,37,39H,6,9,12,15-16,18,35H2,1-3H3/t24-,25-,27-,29+,30+,31+,32-,33-,34+/m0/s1. The highest BCUT2D eigenvalue weighted by molar-refractivity contribution is 6.01. The lowest BCUT2D eigenvalue weighted by Gasteiger charge is -2.59. The number of Topliss-reactive ketones (excluding diaryl/α,β-unsaturated/α-hetero) is 1. The summed E-state index contributed by atoms with van der Waals surface area (Å²) in [5.41, 5.74) is 8.20. The molecule has 4 aliphatic carbocycles. The quantitative estimate of drug-likeness (QED) is 0.466. The van der Waals surface area contributed by atoms with E-state index in [1.54, 1.807) is 12.2 Å². The Morgan fingerprint density at radius 2 is 1.95 bits per heavy atom. The van der Waals surface area contributed by atoms with Gasteiger partial charge in [-0.1, -0.05) is 37.6 Å². The topological polar surface area (TPSA) is 124 Å². The van der Waals surface area contributed by atoms with Crippen LogP contribution < -0.4 is 5.73 Å². The Bertz CT molecular complexity index is 1510. The van der Waals surface area contributed by atoms with E-state index in [1.807, 2.05) is 48.2 Å². The number of hydrogen-bond acceptors (Lipinski definition) is 7. The number of aromatic nitrogens is 1. The molecular weight excluding hydrogens is 532 g/mol. The van der Waals surface area contributed by atoms with Crippen molar-refractivity contribution in [3.63, 3.8) is 0 Å². The largest absolute Gasteiger partial charge is 0.399 e. The number of anilines is 1. The third-order valence-electron chi connectivity index (χ3n) is 11.5. The van der Waals surface area contributed by atoms with Crippen LogP contribution in [0.25, 0.3) is 0 Å². The number of ether oxygens (including phenoxy) is 2. The lowest BCUT2D eigenvalue weighted by molar-refractivity contribution is -0.202. The summed E-state index contributed by atoms with van der Waals surface area (Å²) in [6.45, 7) is 3.54. The molecular formula is C34H40N2O6. The molecule has 2 heterocycles. The van der Waals surface area contributed by atoms with Crippen LogP contribution in [0.2, 0.25) is 0 Å². The Kier molecular flexibility index (Phi) is 6.27. The molecule has 4 N–H and O–H groups in total. The summed E-state index contributed by atoms with van der Waals surface area (Å²) >= 11 is 0. The van der Waals surface area contributed by atoms with Crippen LogP contribution in [0.1, 0.15) is 62.6 Å². The summed E-state index contributed by atoms with van der Waals surface area (Å²) in [6.07, 6.45) is 8.70. The number of fused-ring (bicyclic) bond motifs is 7. The number of carbonyl (C=O) groups is 2. The minimum absolute atomic E-state index is 0.00379. The van der Waals surface area contributed by atoms with Crippen LogP contribution in [0, 0.1) is 28.6 Å². The first-order valence-electron chi connectivity index (χ1n) is 15.1. The number of rotatable bonds is 5. The van der Waals surface area contributed by atoms with E-state index in [1.165, 1.54) is 0 Å². The predicted molar refractivity (Wildman–Crippen MR) is 156 cm³/mol. The molecule has 0 bridgehead atoms. The number of aliphatic hydroxyl groups is 2. The summed E-state index contributed by atoms with van der Waals surface area (Å²) < 4.78 is 15.4. The van der Waals surface area contributed by atoms with Gasteiger partial charge >= 0.3 is 0 Å². The predicted octanol–water partition coefficient (Wildman–Crippen LogP) is 3.80. The summed E-state index contributed by atoms with van der Waals surface area (Å²) in [5, 5.41) is 22.1. The monoisotopic (exact) mass is 572 g/mol. The number of carbonyl (C=O) groups excluding carboxylic acids is 2. The number of hydrogen-bond donors (Lipinski definition) is 3. The molecule has 8 heteroatoms. The van der Waals surface area contributed by atoms with Gasteiger partial charge in [-0.15, -0.1) is 0 Å². The third-order valence-corrected chi connectivity index (χ3v) is 11.5. The minimum Gasteiger partial charge on any atom is -0.399 e. The molecule has 0 amide bonds. The van der Waals surface area contributed by atoms with Gasteiger partial charge in [0.15, 0.2) is 17.2 Å². The van der Waals surface area contributed by atoms with Gasteiger partial charge in [-0.2, -0.15) is 0 Å². The zero-order valence-electron chi connectivity index (χ0n) is 24.5. The molecule has 9 atom stereocenters. The van der Waals surface area contributed by atoms with E-state index in [0.717, 1.165) is 47.3 Å². The number of nitrogen functional groups attached to an aromatic ring is 1. The number of benzene rings is 1. The van der Waals surface area contributed by atoms with E-state index in [0.29, 0.717) is 12.8 Å². The second-order valence-electron chi connectivity index (χ2n) is 13.6. The number of aliphatic hydroxyl groups excluding tert-OH is 2. The number of nitrogens with two attached hydrogens (primary N) is 1. The summed E-state index contributed by atoms with van der Waals surface area (Å²) in [7, 11) is 1.94. The molecule has 1 saturated heterocycles. The lowest BCUT2D eigenvalue weighted by Crippen LogP contribution is -2.63. The average molecular weight is 573 g/mol. The van der Waals surface area contributed by atoms with Gasteiger partial charge in [0, 0.05) is 35.7 Å². The van der Waals surface area contributed by atoms with Crippen molar-refractivity contribution in [3.8, 4) is 0 Å². The van der Waals surface area contributed by atoms with Gasteiger partial charge in [-0.05, 0) is 85.4 Å². The average Bonchev–Trinajstić information content (AvgIpc) is 3.58. The normalized spacial score (nSPS) is 40.2. The third kappa shape index (κ3) is 3.75. The van der Waals surface area contributed by atoms with Gasteiger partial charge in [-0.3, -0.25) is 9.59 Å². The maximum atomic E-state index is 13.8. The Hall–Kier alpha value is -3.04. The molecule has 42 heavy (non-hydrogen) atoms. The van der Waals surface area contributed by atoms with Gasteiger partial charge in [0.05, 0.1) is 17.9 Å². The molecule has 0 radical (unpaired) electrons. The molecule has 1 aromatic heterocycles. The van der Waals surface area contributed by atoms with Crippen LogP contribution in [-0.4, -0.2) is 50.8 Å². The van der Waals surface area contributed by atoms with Crippen LogP contribution in [0.3, 0.4) is 0 Å². The maximum absolute atomic E-state index is 13.8. The van der Waals surface area contributed by atoms with Crippen molar-refractivity contribution in [2.45, 2.75) is 70.1 Å². The maximum Gasteiger partial charge on any atom is 0.200 e. The fraction of sp³-hybridized carbons (Fsp3) is 0.529. The number of allylic oxidation sites excluding steroid dienone is 4. The van der Waals surface area contributed by atoms with E-state index in [-0.39, 0.29) is 29.3 Å². The first-order valence-corrected chi connectivity index (χ1v) is 15.1. The van der Waals surface area contributed by atoms with Gasteiger partial charge in [0.25, 0.3) is 0 Å². The molecule has 5 aliphatic rings. The molecule has 1 aromatic carbocycles. The molecule has 3 saturated carbocycles. The Morgan fingerprint density at radius 1 is 1.19 bits per heavy atom. The lowest BCUT2D eigenvalue weighted by atomic mass is 9.46. The molecule has 1 aliphatic heterocycles. The highest BCUT2D eigenvalue weighted by Gasteiger charge is 2.76. The zero-order chi connectivity index (χ0) is 29.6.